The third-order valence-corrected chi connectivity index (χ3v) is 11.4. The average molecular weight is 637 g/mol. The number of fused-ring (bicyclic) bond motifs is 2. The highest BCUT2D eigenvalue weighted by Crippen LogP contribution is 2.58. The van der Waals surface area contributed by atoms with E-state index in [1.807, 2.05) is 19.1 Å². The lowest BCUT2D eigenvalue weighted by Gasteiger charge is -2.40. The van der Waals surface area contributed by atoms with Crippen LogP contribution in [0.1, 0.15) is 107 Å². The molecule has 3 aliphatic carbocycles. The van der Waals surface area contributed by atoms with Gasteiger partial charge in [-0.25, -0.2) is 4.79 Å². The Balaban J connectivity index is 1.79. The maximum atomic E-state index is 14.0. The number of aliphatic hydroxyl groups excluding tert-OH is 3. The molecule has 0 unspecified atom stereocenters. The molecule has 46 heavy (non-hydrogen) atoms. The quantitative estimate of drug-likeness (QED) is 0.124. The second kappa shape index (κ2) is 15.7. The maximum Gasteiger partial charge on any atom is 0.335 e. The van der Waals surface area contributed by atoms with Gasteiger partial charge in [0, 0.05) is 17.4 Å². The number of hydrogen-bond donors (Lipinski definition) is 3. The Bertz CT molecular complexity index is 1260. The number of cyclic esters (lactones) is 1. The Kier molecular flexibility index (Phi) is 12.5. The number of hydrogen-bond acceptors (Lipinski definition) is 6. The summed E-state index contributed by atoms with van der Waals surface area (Å²) in [6, 6.07) is 0. The van der Waals surface area contributed by atoms with Gasteiger partial charge >= 0.3 is 5.97 Å². The molecule has 1 heterocycles. The van der Waals surface area contributed by atoms with Crippen LogP contribution < -0.4 is 0 Å². The second-order valence-corrected chi connectivity index (χ2v) is 15.7. The Hall–Kier alpha value is -2.28. The molecule has 3 N–H and O–H groups in total. The zero-order chi connectivity index (χ0) is 33.9. The topological polar surface area (TPSA) is 104 Å². The molecule has 6 nitrogen and oxygen atoms in total. The zero-order valence-corrected chi connectivity index (χ0v) is 29.5. The fourth-order valence-electron chi connectivity index (χ4n) is 8.92. The zero-order valence-electron chi connectivity index (χ0n) is 29.5. The van der Waals surface area contributed by atoms with Gasteiger partial charge in [-0.1, -0.05) is 61.8 Å². The summed E-state index contributed by atoms with van der Waals surface area (Å²) in [5.74, 6) is -1.22. The van der Waals surface area contributed by atoms with Crippen LogP contribution in [0.2, 0.25) is 0 Å². The van der Waals surface area contributed by atoms with E-state index in [0.717, 1.165) is 49.5 Å². The van der Waals surface area contributed by atoms with E-state index in [-0.39, 0.29) is 29.6 Å². The summed E-state index contributed by atoms with van der Waals surface area (Å²) >= 11 is 0. The smallest absolute Gasteiger partial charge is 0.335 e. The van der Waals surface area contributed by atoms with Crippen LogP contribution in [-0.2, 0) is 14.3 Å². The number of carbonyl (C=O) groups excluding carboxylic acids is 2. The van der Waals surface area contributed by atoms with Gasteiger partial charge in [0.1, 0.15) is 12.4 Å². The molecule has 1 saturated carbocycles. The minimum Gasteiger partial charge on any atom is -0.452 e. The van der Waals surface area contributed by atoms with E-state index < -0.39 is 42.2 Å². The van der Waals surface area contributed by atoms with Crippen molar-refractivity contribution in [2.45, 2.75) is 131 Å². The predicted octanol–water partition coefficient (Wildman–Crippen LogP) is 7.45. The number of ether oxygens (including phenoxy) is 1. The molecule has 12 atom stereocenters. The monoisotopic (exact) mass is 636 g/mol. The van der Waals surface area contributed by atoms with Crippen LogP contribution in [0.4, 0.5) is 0 Å². The minimum absolute atomic E-state index is 0.0132. The Morgan fingerprint density at radius 2 is 1.59 bits per heavy atom. The highest BCUT2D eigenvalue weighted by Gasteiger charge is 2.58. The Labute approximate surface area is 277 Å². The Morgan fingerprint density at radius 1 is 0.957 bits per heavy atom. The van der Waals surface area contributed by atoms with Crippen LogP contribution >= 0.6 is 0 Å². The highest BCUT2D eigenvalue weighted by molar-refractivity contribution is 5.93. The van der Waals surface area contributed by atoms with Crippen molar-refractivity contribution in [3.05, 3.63) is 57.7 Å². The number of allylic oxidation sites excluding steroid dienone is 6. The summed E-state index contributed by atoms with van der Waals surface area (Å²) in [4.78, 5) is 26.7. The minimum atomic E-state index is -1.20. The first kappa shape index (κ1) is 36.6. The lowest BCUT2D eigenvalue weighted by atomic mass is 9.67. The fraction of sp³-hybridized carbons (Fsp3) is 0.700. The molecule has 0 radical (unpaired) electrons. The third-order valence-electron chi connectivity index (χ3n) is 11.4. The van der Waals surface area contributed by atoms with Crippen LogP contribution in [0.15, 0.2) is 57.7 Å². The van der Waals surface area contributed by atoms with E-state index in [2.05, 4.69) is 60.6 Å². The second-order valence-electron chi connectivity index (χ2n) is 15.7. The molecule has 0 aromatic carbocycles. The molecule has 0 saturated heterocycles. The van der Waals surface area contributed by atoms with Crippen molar-refractivity contribution in [1.29, 1.82) is 0 Å². The number of esters is 1. The first-order chi connectivity index (χ1) is 21.8. The summed E-state index contributed by atoms with van der Waals surface area (Å²) in [6.07, 6.45) is 11.4. The maximum absolute atomic E-state index is 14.0. The van der Waals surface area contributed by atoms with E-state index in [9.17, 15) is 24.9 Å². The molecule has 4 aliphatic rings. The van der Waals surface area contributed by atoms with Gasteiger partial charge in [0.2, 0.25) is 0 Å². The van der Waals surface area contributed by atoms with Crippen molar-refractivity contribution in [3.8, 4) is 0 Å². The van der Waals surface area contributed by atoms with Gasteiger partial charge in [-0.15, -0.1) is 0 Å². The SMILES string of the molecule is CC(C)=CCC[C@@H](C)[C@H]1C2=C([C@H]3C[C@H]3[C@H](C)C[C@H]1O)[C@H]([C@H](O)[C@@H]1C(C=O)=CCC=C(C)C[C@@H](O)[C@H]1[C@H](C)CCC=C(C)C)OC2=O. The highest BCUT2D eigenvalue weighted by atomic mass is 16.6. The number of aldehydes is 1. The lowest BCUT2D eigenvalue weighted by molar-refractivity contribution is -0.148. The molecule has 256 valence electrons. The summed E-state index contributed by atoms with van der Waals surface area (Å²) in [7, 11) is 0. The van der Waals surface area contributed by atoms with Crippen molar-refractivity contribution < 1.29 is 29.6 Å². The van der Waals surface area contributed by atoms with Crippen LogP contribution in [0.25, 0.3) is 0 Å². The summed E-state index contributed by atoms with van der Waals surface area (Å²) in [5, 5.41) is 35.9. The van der Waals surface area contributed by atoms with Crippen LogP contribution in [0, 0.1) is 47.3 Å². The van der Waals surface area contributed by atoms with Gasteiger partial charge in [0.15, 0.2) is 6.10 Å². The van der Waals surface area contributed by atoms with Crippen molar-refractivity contribution in [2.24, 2.45) is 47.3 Å². The molecule has 1 aliphatic heterocycles. The Morgan fingerprint density at radius 3 is 2.20 bits per heavy atom. The van der Waals surface area contributed by atoms with E-state index in [4.69, 9.17) is 4.74 Å². The van der Waals surface area contributed by atoms with Gasteiger partial charge in [-0.05, 0) is 133 Å². The molecule has 0 bridgehead atoms. The van der Waals surface area contributed by atoms with Gasteiger partial charge in [-0.3, -0.25) is 4.79 Å². The van der Waals surface area contributed by atoms with Crippen LogP contribution in [0.5, 0.6) is 0 Å². The van der Waals surface area contributed by atoms with Crippen LogP contribution in [-0.4, -0.2) is 52.0 Å². The molecule has 0 aromatic rings. The molecular weight excluding hydrogens is 576 g/mol. The van der Waals surface area contributed by atoms with Crippen molar-refractivity contribution in [2.75, 3.05) is 0 Å². The van der Waals surface area contributed by atoms with Gasteiger partial charge in [0.05, 0.1) is 12.2 Å². The standard InChI is InChI=1S/C40H60O6/c1-22(2)12-9-15-25(6)33-31(42)18-24(5)14-11-17-28(21-41)35(33)38(44)39-36-30-20-29(30)27(8)19-32(43)34(37(36)40(45)46-39)26(7)16-10-13-23(3)4/h12-14,17,21,25-27,29-35,38-39,42-44H,9-11,15-16,18-20H2,1-8H3/t25-,26-,27-,29+,30+,31-,32-,33-,34-,35-,38-,39-/m1/s1. The van der Waals surface area contributed by atoms with Crippen molar-refractivity contribution >= 4 is 12.3 Å². The van der Waals surface area contributed by atoms with E-state index in [1.54, 1.807) is 0 Å². The molecule has 6 heteroatoms. The molecule has 0 aromatic heterocycles. The van der Waals surface area contributed by atoms with Gasteiger partial charge < -0.3 is 20.1 Å². The third kappa shape index (κ3) is 8.22. The van der Waals surface area contributed by atoms with E-state index in [0.29, 0.717) is 36.3 Å². The number of aliphatic hydroxyl groups is 3. The molecule has 1 fully saturated rings. The molecular formula is C40H60O6. The summed E-state index contributed by atoms with van der Waals surface area (Å²) < 4.78 is 6.20. The lowest BCUT2D eigenvalue weighted by Crippen LogP contribution is -2.46. The summed E-state index contributed by atoms with van der Waals surface area (Å²) in [5.41, 5.74) is 5.39. The predicted molar refractivity (Wildman–Crippen MR) is 184 cm³/mol. The van der Waals surface area contributed by atoms with E-state index >= 15 is 0 Å². The number of rotatable bonds is 11. The number of carbonyl (C=O) groups is 2. The molecule has 4 rings (SSSR count). The van der Waals surface area contributed by atoms with Gasteiger partial charge in [-0.2, -0.15) is 0 Å². The molecule has 0 amide bonds. The first-order valence-corrected chi connectivity index (χ1v) is 17.8. The largest absolute Gasteiger partial charge is 0.452 e. The fourth-order valence-corrected chi connectivity index (χ4v) is 8.92. The average Bonchev–Trinajstić information content (AvgIpc) is 3.68. The first-order valence-electron chi connectivity index (χ1n) is 17.8. The van der Waals surface area contributed by atoms with Crippen molar-refractivity contribution in [1.82, 2.24) is 0 Å². The summed E-state index contributed by atoms with van der Waals surface area (Å²) in [6.45, 7) is 16.7. The normalized spacial score (nSPS) is 34.8. The van der Waals surface area contributed by atoms with E-state index in [1.165, 1.54) is 11.1 Å². The van der Waals surface area contributed by atoms with Gasteiger partial charge in [0.25, 0.3) is 0 Å². The van der Waals surface area contributed by atoms with Crippen LogP contribution in [0.3, 0.4) is 0 Å². The van der Waals surface area contributed by atoms with Crippen molar-refractivity contribution in [3.63, 3.8) is 0 Å². The molecule has 0 spiro atoms.